The Morgan fingerprint density at radius 3 is 2.71 bits per heavy atom. The molecule has 0 amide bonds. The van der Waals surface area contributed by atoms with Crippen molar-refractivity contribution >= 4 is 23.3 Å². The number of rotatable bonds is 4. The first-order valence-electron chi connectivity index (χ1n) is 5.52. The number of nitrogens with zero attached hydrogens (tertiary/aromatic N) is 3. The van der Waals surface area contributed by atoms with Crippen molar-refractivity contribution in [3.63, 3.8) is 0 Å². The summed E-state index contributed by atoms with van der Waals surface area (Å²) in [5, 5.41) is 11.3. The summed E-state index contributed by atoms with van der Waals surface area (Å²) >= 11 is 5.74. The Morgan fingerprint density at radius 2 is 2.10 bits per heavy atom. The summed E-state index contributed by atoms with van der Waals surface area (Å²) in [6.07, 6.45) is 3.83. The summed E-state index contributed by atoms with van der Waals surface area (Å²) in [6.45, 7) is 0. The van der Waals surface area contributed by atoms with E-state index < -0.39 is 16.6 Å². The molecule has 0 aliphatic carbocycles. The van der Waals surface area contributed by atoms with Crippen molar-refractivity contribution in [3.05, 3.63) is 51.4 Å². The number of carbonyl (C=O) groups excluding carboxylic acids is 1. The summed E-state index contributed by atoms with van der Waals surface area (Å²) in [6, 6.07) is 2.44. The molecule has 0 spiro atoms. The zero-order valence-corrected chi connectivity index (χ0v) is 11.4. The molecule has 2 rings (SSSR count). The Balaban J connectivity index is 2.39. The van der Waals surface area contributed by atoms with Gasteiger partial charge in [-0.1, -0.05) is 11.6 Å². The summed E-state index contributed by atoms with van der Waals surface area (Å²) < 4.78 is 9.74. The van der Waals surface area contributed by atoms with Crippen LogP contribution in [0.3, 0.4) is 0 Å². The molecule has 0 radical (unpaired) electrons. The quantitative estimate of drug-likeness (QED) is 0.485. The van der Waals surface area contributed by atoms with Crippen molar-refractivity contribution < 1.29 is 19.2 Å². The summed E-state index contributed by atoms with van der Waals surface area (Å²) in [5.74, 6) is -0.831. The summed E-state index contributed by atoms with van der Waals surface area (Å²) in [4.78, 5) is 29.2. The fourth-order valence-corrected chi connectivity index (χ4v) is 1.60. The zero-order valence-electron chi connectivity index (χ0n) is 10.6. The maximum Gasteiger partial charge on any atom is 0.339 e. The van der Waals surface area contributed by atoms with Gasteiger partial charge in [0.1, 0.15) is 5.75 Å². The lowest BCUT2D eigenvalue weighted by Gasteiger charge is -2.06. The van der Waals surface area contributed by atoms with Gasteiger partial charge in [-0.15, -0.1) is 0 Å². The number of hydrogen-bond acceptors (Lipinski definition) is 7. The van der Waals surface area contributed by atoms with Gasteiger partial charge in [-0.3, -0.25) is 15.1 Å². The van der Waals surface area contributed by atoms with Crippen LogP contribution in [0.1, 0.15) is 10.4 Å². The van der Waals surface area contributed by atoms with E-state index in [0.717, 1.165) is 19.4 Å². The lowest BCUT2D eigenvalue weighted by atomic mass is 10.2. The molecule has 21 heavy (non-hydrogen) atoms. The van der Waals surface area contributed by atoms with E-state index in [2.05, 4.69) is 14.7 Å². The molecule has 0 saturated heterocycles. The molecule has 0 aliphatic rings. The van der Waals surface area contributed by atoms with Crippen LogP contribution in [0.4, 0.5) is 5.69 Å². The number of aromatic nitrogens is 2. The van der Waals surface area contributed by atoms with Crippen molar-refractivity contribution in [2.45, 2.75) is 0 Å². The second-order valence-electron chi connectivity index (χ2n) is 3.74. The van der Waals surface area contributed by atoms with Crippen LogP contribution in [-0.4, -0.2) is 28.0 Å². The number of methoxy groups -OCH3 is 1. The van der Waals surface area contributed by atoms with Crippen LogP contribution in [0.25, 0.3) is 0 Å². The number of esters is 1. The third kappa shape index (κ3) is 3.42. The van der Waals surface area contributed by atoms with Gasteiger partial charge in [0.2, 0.25) is 0 Å². The third-order valence-corrected chi connectivity index (χ3v) is 2.55. The van der Waals surface area contributed by atoms with Gasteiger partial charge < -0.3 is 9.47 Å². The summed E-state index contributed by atoms with van der Waals surface area (Å²) in [5.41, 5.74) is -0.529. The predicted molar refractivity (Wildman–Crippen MR) is 71.6 cm³/mol. The van der Waals surface area contributed by atoms with Gasteiger partial charge in [-0.2, -0.15) is 0 Å². The Morgan fingerprint density at radius 1 is 1.33 bits per heavy atom. The first-order valence-corrected chi connectivity index (χ1v) is 5.90. The molecule has 2 aromatic rings. The van der Waals surface area contributed by atoms with Crippen LogP contribution in [0, 0.1) is 10.1 Å². The van der Waals surface area contributed by atoms with E-state index in [1.54, 1.807) is 0 Å². The highest BCUT2D eigenvalue weighted by atomic mass is 35.5. The lowest BCUT2D eigenvalue weighted by molar-refractivity contribution is -0.386. The predicted octanol–water partition coefficient (Wildman–Crippen LogP) is 2.62. The van der Waals surface area contributed by atoms with Crippen LogP contribution >= 0.6 is 11.6 Å². The molecular formula is C12H8ClN3O5. The Labute approximate surface area is 123 Å². The van der Waals surface area contributed by atoms with Gasteiger partial charge in [0.25, 0.3) is 5.88 Å². The molecule has 2 aromatic heterocycles. The highest BCUT2D eigenvalue weighted by Gasteiger charge is 2.21. The van der Waals surface area contributed by atoms with Crippen molar-refractivity contribution in [2.75, 3.05) is 7.11 Å². The van der Waals surface area contributed by atoms with Crippen molar-refractivity contribution in [1.82, 2.24) is 9.97 Å². The van der Waals surface area contributed by atoms with Gasteiger partial charge in [0.05, 0.1) is 28.8 Å². The highest BCUT2D eigenvalue weighted by molar-refractivity contribution is 6.30. The Hall–Kier alpha value is -2.74. The average Bonchev–Trinajstić information content (AvgIpc) is 2.46. The van der Waals surface area contributed by atoms with Gasteiger partial charge >= 0.3 is 11.7 Å². The van der Waals surface area contributed by atoms with Crippen LogP contribution in [0.15, 0.2) is 30.7 Å². The Bertz CT molecular complexity index is 707. The van der Waals surface area contributed by atoms with Gasteiger partial charge in [-0.25, -0.2) is 9.78 Å². The largest absolute Gasteiger partial charge is 0.465 e. The lowest BCUT2D eigenvalue weighted by Crippen LogP contribution is -2.04. The minimum absolute atomic E-state index is 0.0548. The maximum atomic E-state index is 11.3. The molecule has 2 heterocycles. The van der Waals surface area contributed by atoms with Crippen molar-refractivity contribution in [2.24, 2.45) is 0 Å². The fraction of sp³-hybridized carbons (Fsp3) is 0.0833. The van der Waals surface area contributed by atoms with E-state index in [9.17, 15) is 14.9 Å². The first-order chi connectivity index (χ1) is 10.0. The number of nitro groups is 1. The summed E-state index contributed by atoms with van der Waals surface area (Å²) in [7, 11) is 1.16. The molecule has 0 unspecified atom stereocenters. The van der Waals surface area contributed by atoms with Crippen LogP contribution < -0.4 is 4.74 Å². The maximum absolute atomic E-state index is 11.3. The molecule has 0 fully saturated rings. The molecule has 9 heteroatoms. The van der Waals surface area contributed by atoms with Crippen molar-refractivity contribution in [3.8, 4) is 11.6 Å². The number of ether oxygens (including phenoxy) is 2. The van der Waals surface area contributed by atoms with Crippen LogP contribution in [-0.2, 0) is 4.74 Å². The van der Waals surface area contributed by atoms with E-state index in [0.29, 0.717) is 5.02 Å². The Kier molecular flexibility index (Phi) is 4.29. The van der Waals surface area contributed by atoms with E-state index in [1.165, 1.54) is 18.5 Å². The molecule has 0 aromatic carbocycles. The van der Waals surface area contributed by atoms with Crippen molar-refractivity contribution in [1.29, 1.82) is 0 Å². The van der Waals surface area contributed by atoms with E-state index >= 15 is 0 Å². The van der Waals surface area contributed by atoms with Gasteiger partial charge in [-0.05, 0) is 0 Å². The van der Waals surface area contributed by atoms with Gasteiger partial charge in [0, 0.05) is 24.5 Å². The minimum Gasteiger partial charge on any atom is -0.465 e. The molecule has 0 saturated carbocycles. The number of halogens is 1. The smallest absolute Gasteiger partial charge is 0.339 e. The van der Waals surface area contributed by atoms with Crippen LogP contribution in [0.2, 0.25) is 5.02 Å². The molecule has 108 valence electrons. The minimum atomic E-state index is -0.735. The molecule has 0 bridgehead atoms. The average molecular weight is 310 g/mol. The molecule has 0 aliphatic heterocycles. The number of carbonyl (C=O) groups is 1. The van der Waals surface area contributed by atoms with Crippen LogP contribution in [0.5, 0.6) is 11.6 Å². The first kappa shape index (κ1) is 14.7. The molecular weight excluding hydrogens is 302 g/mol. The monoisotopic (exact) mass is 309 g/mol. The highest BCUT2D eigenvalue weighted by Crippen LogP contribution is 2.30. The standard InChI is InChI=1S/C12H8ClN3O5/c1-20-12(17)7-2-10(16(18)19)11(15-4-7)21-9-3-8(13)5-14-6-9/h2-6H,1H3. The van der Waals surface area contributed by atoms with Gasteiger partial charge in [0.15, 0.2) is 0 Å². The third-order valence-electron chi connectivity index (χ3n) is 2.34. The number of hydrogen-bond donors (Lipinski definition) is 0. The molecule has 0 atom stereocenters. The molecule has 8 nitrogen and oxygen atoms in total. The topological polar surface area (TPSA) is 104 Å². The fourth-order valence-electron chi connectivity index (χ4n) is 1.44. The van der Waals surface area contributed by atoms with E-state index in [1.807, 2.05) is 0 Å². The number of pyridine rings is 2. The normalized spacial score (nSPS) is 10.0. The van der Waals surface area contributed by atoms with E-state index in [-0.39, 0.29) is 17.2 Å². The molecule has 0 N–H and O–H groups in total. The SMILES string of the molecule is COC(=O)c1cnc(Oc2cncc(Cl)c2)c([N+](=O)[O-])c1. The second kappa shape index (κ2) is 6.14. The zero-order chi connectivity index (χ0) is 15.4. The second-order valence-corrected chi connectivity index (χ2v) is 4.17. The van der Waals surface area contributed by atoms with E-state index in [4.69, 9.17) is 16.3 Å².